The van der Waals surface area contributed by atoms with Crippen molar-refractivity contribution in [2.75, 3.05) is 17.2 Å². The topological polar surface area (TPSA) is 67.4 Å². The van der Waals surface area contributed by atoms with E-state index in [9.17, 15) is 22.8 Å². The van der Waals surface area contributed by atoms with Crippen LogP contribution in [0.5, 0.6) is 5.75 Å². The maximum Gasteiger partial charge on any atom is 0.416 e. The second kappa shape index (κ2) is 9.34. The summed E-state index contributed by atoms with van der Waals surface area (Å²) in [6.45, 7) is 1.72. The summed E-state index contributed by atoms with van der Waals surface area (Å²) in [7, 11) is 0. The fraction of sp³-hybridized carbons (Fsp3) is 0.130. The number of amides is 2. The molecule has 3 rings (SSSR count). The molecule has 3 aromatic carbocycles. The van der Waals surface area contributed by atoms with Gasteiger partial charge in [0.25, 0.3) is 11.8 Å². The van der Waals surface area contributed by atoms with Gasteiger partial charge in [0.2, 0.25) is 0 Å². The van der Waals surface area contributed by atoms with Crippen molar-refractivity contribution < 1.29 is 27.5 Å². The third-order valence-corrected chi connectivity index (χ3v) is 4.27. The largest absolute Gasteiger partial charge is 0.484 e. The molecule has 0 aliphatic carbocycles. The first-order valence-corrected chi connectivity index (χ1v) is 9.29. The molecule has 0 spiro atoms. The van der Waals surface area contributed by atoms with Gasteiger partial charge in [0, 0.05) is 16.9 Å². The van der Waals surface area contributed by atoms with E-state index in [0.717, 1.165) is 17.7 Å². The second-order valence-corrected chi connectivity index (χ2v) is 6.76. The van der Waals surface area contributed by atoms with Gasteiger partial charge < -0.3 is 15.4 Å². The highest BCUT2D eigenvalue weighted by atomic mass is 19.4. The summed E-state index contributed by atoms with van der Waals surface area (Å²) in [4.78, 5) is 24.2. The number of carbonyl (C=O) groups is 2. The molecule has 0 aliphatic heterocycles. The molecule has 0 heterocycles. The monoisotopic (exact) mass is 428 g/mol. The molecular weight excluding hydrogens is 409 g/mol. The third kappa shape index (κ3) is 6.33. The molecule has 0 saturated heterocycles. The molecule has 0 radical (unpaired) electrons. The highest BCUT2D eigenvalue weighted by Crippen LogP contribution is 2.30. The Morgan fingerprint density at radius 2 is 1.55 bits per heavy atom. The lowest BCUT2D eigenvalue weighted by Gasteiger charge is -2.10. The lowest BCUT2D eigenvalue weighted by atomic mass is 10.1. The molecule has 31 heavy (non-hydrogen) atoms. The first-order chi connectivity index (χ1) is 14.7. The van der Waals surface area contributed by atoms with Crippen LogP contribution < -0.4 is 15.4 Å². The predicted octanol–water partition coefficient (Wildman–Crippen LogP) is 5.28. The zero-order chi connectivity index (χ0) is 22.4. The minimum Gasteiger partial charge on any atom is -0.484 e. The van der Waals surface area contributed by atoms with Gasteiger partial charge in [-0.25, -0.2) is 0 Å². The van der Waals surface area contributed by atoms with Gasteiger partial charge in [-0.2, -0.15) is 13.2 Å². The van der Waals surface area contributed by atoms with E-state index in [1.165, 1.54) is 36.4 Å². The first kappa shape index (κ1) is 21.9. The van der Waals surface area contributed by atoms with Crippen LogP contribution in [0, 0.1) is 6.92 Å². The van der Waals surface area contributed by atoms with Crippen molar-refractivity contribution in [3.05, 3.63) is 89.5 Å². The molecule has 0 bridgehead atoms. The molecule has 2 amide bonds. The molecule has 0 fully saturated rings. The Bertz CT molecular complexity index is 1060. The lowest BCUT2D eigenvalue weighted by molar-refractivity contribution is -0.137. The number of nitrogens with one attached hydrogen (secondary N) is 2. The van der Waals surface area contributed by atoms with Crippen molar-refractivity contribution in [1.82, 2.24) is 0 Å². The van der Waals surface area contributed by atoms with Crippen LogP contribution in [0.15, 0.2) is 72.8 Å². The average molecular weight is 428 g/mol. The molecule has 0 saturated carbocycles. The summed E-state index contributed by atoms with van der Waals surface area (Å²) < 4.78 is 43.8. The van der Waals surface area contributed by atoms with E-state index in [1.807, 2.05) is 19.1 Å². The quantitative estimate of drug-likeness (QED) is 0.561. The number of ether oxygens (including phenoxy) is 1. The van der Waals surface area contributed by atoms with E-state index in [2.05, 4.69) is 10.6 Å². The van der Waals surface area contributed by atoms with Crippen LogP contribution in [0.2, 0.25) is 0 Å². The van der Waals surface area contributed by atoms with Crippen molar-refractivity contribution in [2.45, 2.75) is 13.1 Å². The van der Waals surface area contributed by atoms with Crippen LogP contribution in [0.4, 0.5) is 24.5 Å². The van der Waals surface area contributed by atoms with Gasteiger partial charge in [-0.3, -0.25) is 9.59 Å². The number of carbonyl (C=O) groups excluding carboxylic acids is 2. The van der Waals surface area contributed by atoms with E-state index in [0.29, 0.717) is 11.4 Å². The van der Waals surface area contributed by atoms with Gasteiger partial charge >= 0.3 is 6.18 Å². The molecule has 0 aromatic heterocycles. The fourth-order valence-corrected chi connectivity index (χ4v) is 2.66. The third-order valence-electron chi connectivity index (χ3n) is 4.27. The van der Waals surface area contributed by atoms with Gasteiger partial charge in [-0.1, -0.05) is 23.8 Å². The van der Waals surface area contributed by atoms with Crippen LogP contribution in [-0.2, 0) is 11.0 Å². The number of alkyl halides is 3. The predicted molar refractivity (Wildman–Crippen MR) is 111 cm³/mol. The molecule has 3 aromatic rings. The van der Waals surface area contributed by atoms with Crippen LogP contribution >= 0.6 is 0 Å². The Labute approximate surface area is 176 Å². The van der Waals surface area contributed by atoms with Gasteiger partial charge in [-0.15, -0.1) is 0 Å². The van der Waals surface area contributed by atoms with Crippen LogP contribution in [0.1, 0.15) is 21.5 Å². The van der Waals surface area contributed by atoms with Crippen molar-refractivity contribution >= 4 is 23.2 Å². The number of rotatable bonds is 6. The number of benzene rings is 3. The molecule has 0 atom stereocenters. The minimum absolute atomic E-state index is 0.0351. The number of aryl methyl sites for hydroxylation is 1. The Morgan fingerprint density at radius 3 is 2.19 bits per heavy atom. The standard InChI is InChI=1S/C23H19F3N2O3/c1-15-5-9-18(10-6-15)27-21(29)14-31-20-11-7-16(8-12-20)22(30)28-19-4-2-3-17(13-19)23(24,25)26/h2-13H,14H2,1H3,(H,27,29)(H,28,30). The molecule has 160 valence electrons. The molecule has 0 aliphatic rings. The Balaban J connectivity index is 1.54. The minimum atomic E-state index is -4.49. The van der Waals surface area contributed by atoms with E-state index in [1.54, 1.807) is 12.1 Å². The summed E-state index contributed by atoms with van der Waals surface area (Å²) in [6, 6.07) is 17.6. The van der Waals surface area contributed by atoms with Gasteiger partial charge in [-0.05, 0) is 61.5 Å². The van der Waals surface area contributed by atoms with Crippen molar-refractivity contribution in [3.8, 4) is 5.75 Å². The average Bonchev–Trinajstić information content (AvgIpc) is 2.74. The molecule has 8 heteroatoms. The van der Waals surface area contributed by atoms with Crippen LogP contribution in [0.3, 0.4) is 0 Å². The normalized spacial score (nSPS) is 11.0. The fourth-order valence-electron chi connectivity index (χ4n) is 2.66. The Kier molecular flexibility index (Phi) is 6.59. The van der Waals surface area contributed by atoms with Crippen LogP contribution in [-0.4, -0.2) is 18.4 Å². The summed E-state index contributed by atoms with van der Waals surface area (Å²) >= 11 is 0. The zero-order valence-corrected chi connectivity index (χ0v) is 16.5. The van der Waals surface area contributed by atoms with Gasteiger partial charge in [0.15, 0.2) is 6.61 Å². The van der Waals surface area contributed by atoms with E-state index < -0.39 is 17.6 Å². The van der Waals surface area contributed by atoms with Gasteiger partial charge in [0.1, 0.15) is 5.75 Å². The lowest BCUT2D eigenvalue weighted by Crippen LogP contribution is -2.20. The number of hydrogen-bond donors (Lipinski definition) is 2. The zero-order valence-electron chi connectivity index (χ0n) is 16.5. The Morgan fingerprint density at radius 1 is 0.871 bits per heavy atom. The summed E-state index contributed by atoms with van der Waals surface area (Å²) in [5, 5.41) is 5.13. The highest BCUT2D eigenvalue weighted by molar-refractivity contribution is 6.04. The maximum absolute atomic E-state index is 12.8. The van der Waals surface area contributed by atoms with Crippen molar-refractivity contribution in [3.63, 3.8) is 0 Å². The smallest absolute Gasteiger partial charge is 0.416 e. The highest BCUT2D eigenvalue weighted by Gasteiger charge is 2.30. The molecule has 5 nitrogen and oxygen atoms in total. The van der Waals surface area contributed by atoms with E-state index in [-0.39, 0.29) is 23.8 Å². The van der Waals surface area contributed by atoms with Gasteiger partial charge in [0.05, 0.1) is 5.56 Å². The molecule has 0 unspecified atom stereocenters. The number of halogens is 3. The van der Waals surface area contributed by atoms with Crippen molar-refractivity contribution in [2.24, 2.45) is 0 Å². The summed E-state index contributed by atoms with van der Waals surface area (Å²) in [5.41, 5.74) is 1.15. The van der Waals surface area contributed by atoms with E-state index in [4.69, 9.17) is 4.74 Å². The van der Waals surface area contributed by atoms with Crippen LogP contribution in [0.25, 0.3) is 0 Å². The summed E-state index contributed by atoms with van der Waals surface area (Å²) in [6.07, 6.45) is -4.49. The summed E-state index contributed by atoms with van der Waals surface area (Å²) in [5.74, 6) is -0.534. The van der Waals surface area contributed by atoms with E-state index >= 15 is 0 Å². The van der Waals surface area contributed by atoms with Crippen molar-refractivity contribution in [1.29, 1.82) is 0 Å². The Hall–Kier alpha value is -3.81. The SMILES string of the molecule is Cc1ccc(NC(=O)COc2ccc(C(=O)Nc3cccc(C(F)(F)F)c3)cc2)cc1. The first-order valence-electron chi connectivity index (χ1n) is 9.29. The molecule has 2 N–H and O–H groups in total. The second-order valence-electron chi connectivity index (χ2n) is 6.76. The molecular formula is C23H19F3N2O3. The maximum atomic E-state index is 12.8. The number of hydrogen-bond acceptors (Lipinski definition) is 3. The number of anilines is 2.